The van der Waals surface area contributed by atoms with E-state index in [1.165, 1.54) is 5.56 Å². The van der Waals surface area contributed by atoms with Crippen molar-refractivity contribution in [2.75, 3.05) is 14.1 Å². The van der Waals surface area contributed by atoms with Crippen molar-refractivity contribution in [3.8, 4) is 28.5 Å². The maximum Gasteiger partial charge on any atom is 0.203 e. The largest absolute Gasteiger partial charge is 0.383 e. The third kappa shape index (κ3) is 4.16. The van der Waals surface area contributed by atoms with Crippen molar-refractivity contribution in [2.45, 2.75) is 6.92 Å². The molecule has 0 amide bonds. The van der Waals surface area contributed by atoms with Crippen molar-refractivity contribution in [1.29, 1.82) is 5.26 Å². The van der Waals surface area contributed by atoms with Gasteiger partial charge in [0.2, 0.25) is 5.78 Å². The van der Waals surface area contributed by atoms with Crippen LogP contribution < -0.4 is 0 Å². The summed E-state index contributed by atoms with van der Waals surface area (Å²) in [7, 11) is 3.75. The van der Waals surface area contributed by atoms with Gasteiger partial charge in [-0.2, -0.15) is 5.26 Å². The second-order valence-electron chi connectivity index (χ2n) is 6.67. The Morgan fingerprint density at radius 2 is 1.67 bits per heavy atom. The van der Waals surface area contributed by atoms with Crippen LogP contribution in [0.3, 0.4) is 0 Å². The lowest BCUT2D eigenvalue weighted by Gasteiger charge is -2.05. The molecule has 1 heterocycles. The Labute approximate surface area is 159 Å². The van der Waals surface area contributed by atoms with Gasteiger partial charge in [-0.25, -0.2) is 0 Å². The van der Waals surface area contributed by atoms with E-state index in [9.17, 15) is 4.79 Å². The fourth-order valence-electron chi connectivity index (χ4n) is 2.79. The third-order valence-corrected chi connectivity index (χ3v) is 4.27. The minimum Gasteiger partial charge on any atom is -0.383 e. The van der Waals surface area contributed by atoms with Crippen LogP contribution in [0.2, 0.25) is 0 Å². The van der Waals surface area contributed by atoms with Crippen molar-refractivity contribution in [3.05, 3.63) is 83.7 Å². The highest BCUT2D eigenvalue weighted by molar-refractivity contribution is 6.05. The molecule has 0 fully saturated rings. The van der Waals surface area contributed by atoms with Crippen molar-refractivity contribution < 1.29 is 4.79 Å². The standard InChI is InChI=1S/C23H21N3O/c1-16-4-8-19(9-5-16)23-20(18-10-6-17(15-24)7-11-18)14-21(25-23)22(27)12-13-26(2)3/h4-14,25H,1-3H3. The number of aromatic amines is 1. The maximum absolute atomic E-state index is 12.5. The minimum absolute atomic E-state index is 0.0862. The number of nitrogens with zero attached hydrogens (tertiary/aromatic N) is 2. The molecule has 4 nitrogen and oxygen atoms in total. The normalized spacial score (nSPS) is 10.7. The first-order valence-corrected chi connectivity index (χ1v) is 8.67. The number of hydrogen-bond acceptors (Lipinski definition) is 3. The highest BCUT2D eigenvalue weighted by atomic mass is 16.1. The lowest BCUT2D eigenvalue weighted by molar-refractivity contribution is 0.104. The Bertz CT molecular complexity index is 1020. The SMILES string of the molecule is Cc1ccc(-c2[nH]c(C(=O)C=CN(C)C)cc2-c2ccc(C#N)cc2)cc1. The molecule has 0 saturated heterocycles. The van der Waals surface area contributed by atoms with Gasteiger partial charge < -0.3 is 9.88 Å². The van der Waals surface area contributed by atoms with E-state index >= 15 is 0 Å². The van der Waals surface area contributed by atoms with Crippen LogP contribution in [0.1, 0.15) is 21.6 Å². The number of allylic oxidation sites excluding steroid dienone is 1. The average molecular weight is 355 g/mol. The summed E-state index contributed by atoms with van der Waals surface area (Å²) >= 11 is 0. The summed E-state index contributed by atoms with van der Waals surface area (Å²) in [5.74, 6) is -0.0862. The van der Waals surface area contributed by atoms with Crippen LogP contribution in [0.15, 0.2) is 66.9 Å². The molecule has 1 N–H and O–H groups in total. The number of aryl methyl sites for hydroxylation is 1. The molecule has 0 unspecified atom stereocenters. The second kappa shape index (κ2) is 7.76. The van der Waals surface area contributed by atoms with Crippen molar-refractivity contribution in [1.82, 2.24) is 9.88 Å². The van der Waals surface area contributed by atoms with E-state index in [2.05, 4.69) is 11.1 Å². The van der Waals surface area contributed by atoms with E-state index in [-0.39, 0.29) is 5.78 Å². The zero-order valence-electron chi connectivity index (χ0n) is 15.7. The first-order valence-electron chi connectivity index (χ1n) is 8.67. The fraction of sp³-hybridized carbons (Fsp3) is 0.130. The summed E-state index contributed by atoms with van der Waals surface area (Å²) < 4.78 is 0. The van der Waals surface area contributed by atoms with Gasteiger partial charge in [-0.15, -0.1) is 0 Å². The number of nitrogens with one attached hydrogen (secondary N) is 1. The molecule has 2 aromatic carbocycles. The van der Waals surface area contributed by atoms with Crippen LogP contribution in [0, 0.1) is 18.3 Å². The second-order valence-corrected chi connectivity index (χ2v) is 6.67. The molecular weight excluding hydrogens is 334 g/mol. The van der Waals surface area contributed by atoms with Gasteiger partial charge in [-0.3, -0.25) is 4.79 Å². The Balaban J connectivity index is 2.10. The Hall–Kier alpha value is -3.58. The predicted octanol–water partition coefficient (Wildman–Crippen LogP) is 4.79. The van der Waals surface area contributed by atoms with Crippen LogP contribution >= 0.6 is 0 Å². The van der Waals surface area contributed by atoms with E-state index in [1.54, 1.807) is 24.4 Å². The van der Waals surface area contributed by atoms with Crippen LogP contribution in [0.5, 0.6) is 0 Å². The summed E-state index contributed by atoms with van der Waals surface area (Å²) in [5, 5.41) is 9.03. The van der Waals surface area contributed by atoms with E-state index in [4.69, 9.17) is 5.26 Å². The van der Waals surface area contributed by atoms with Gasteiger partial charge in [-0.05, 0) is 36.2 Å². The third-order valence-electron chi connectivity index (χ3n) is 4.27. The first kappa shape index (κ1) is 18.2. The quantitative estimate of drug-likeness (QED) is 0.529. The zero-order chi connectivity index (χ0) is 19.4. The average Bonchev–Trinajstić information content (AvgIpc) is 3.12. The van der Waals surface area contributed by atoms with Crippen molar-refractivity contribution in [2.24, 2.45) is 0 Å². The number of carbonyl (C=O) groups excluding carboxylic acids is 1. The van der Waals surface area contributed by atoms with Crippen LogP contribution in [-0.2, 0) is 0 Å². The number of ketones is 1. The van der Waals surface area contributed by atoms with Gasteiger partial charge in [-0.1, -0.05) is 42.0 Å². The van der Waals surface area contributed by atoms with Crippen molar-refractivity contribution >= 4 is 5.78 Å². The molecule has 0 saturated carbocycles. The molecule has 3 aromatic rings. The number of aromatic nitrogens is 1. The number of hydrogen-bond donors (Lipinski definition) is 1. The topological polar surface area (TPSA) is 59.9 Å². The highest BCUT2D eigenvalue weighted by Crippen LogP contribution is 2.33. The molecule has 0 aliphatic heterocycles. The molecule has 0 aliphatic rings. The van der Waals surface area contributed by atoms with Gasteiger partial charge in [0.25, 0.3) is 0 Å². The van der Waals surface area contributed by atoms with Gasteiger partial charge in [0.1, 0.15) is 0 Å². The summed E-state index contributed by atoms with van der Waals surface area (Å²) in [6.45, 7) is 2.04. The van der Waals surface area contributed by atoms with Gasteiger partial charge in [0.15, 0.2) is 0 Å². The van der Waals surface area contributed by atoms with Crippen LogP contribution in [-0.4, -0.2) is 29.8 Å². The van der Waals surface area contributed by atoms with Crippen molar-refractivity contribution in [3.63, 3.8) is 0 Å². The van der Waals surface area contributed by atoms with Gasteiger partial charge in [0, 0.05) is 31.9 Å². The molecule has 0 atom stereocenters. The van der Waals surface area contributed by atoms with Crippen LogP contribution in [0.25, 0.3) is 22.4 Å². The molecular formula is C23H21N3O. The Kier molecular flexibility index (Phi) is 5.23. The summed E-state index contributed by atoms with van der Waals surface area (Å²) in [6.07, 6.45) is 3.28. The molecule has 1 aromatic heterocycles. The molecule has 134 valence electrons. The number of nitriles is 1. The molecule has 27 heavy (non-hydrogen) atoms. The molecule has 4 heteroatoms. The van der Waals surface area contributed by atoms with Gasteiger partial charge >= 0.3 is 0 Å². The highest BCUT2D eigenvalue weighted by Gasteiger charge is 2.15. The number of benzene rings is 2. The van der Waals surface area contributed by atoms with Crippen LogP contribution in [0.4, 0.5) is 0 Å². The fourth-order valence-corrected chi connectivity index (χ4v) is 2.79. The monoisotopic (exact) mass is 355 g/mol. The Morgan fingerprint density at radius 1 is 1.04 bits per heavy atom. The molecule has 0 spiro atoms. The summed E-state index contributed by atoms with van der Waals surface area (Å²) in [4.78, 5) is 17.7. The molecule has 0 bridgehead atoms. The molecule has 0 aliphatic carbocycles. The first-order chi connectivity index (χ1) is 13.0. The van der Waals surface area contributed by atoms with E-state index < -0.39 is 0 Å². The summed E-state index contributed by atoms with van der Waals surface area (Å²) in [5.41, 5.74) is 6.10. The lowest BCUT2D eigenvalue weighted by atomic mass is 10.00. The summed E-state index contributed by atoms with van der Waals surface area (Å²) in [6, 6.07) is 19.6. The molecule has 3 rings (SSSR count). The Morgan fingerprint density at radius 3 is 2.26 bits per heavy atom. The zero-order valence-corrected chi connectivity index (χ0v) is 15.7. The number of carbonyl (C=O) groups is 1. The smallest absolute Gasteiger partial charge is 0.203 e. The predicted molar refractivity (Wildman–Crippen MR) is 108 cm³/mol. The number of rotatable bonds is 5. The minimum atomic E-state index is -0.0862. The van der Waals surface area contributed by atoms with E-state index in [1.807, 2.05) is 68.4 Å². The lowest BCUT2D eigenvalue weighted by Crippen LogP contribution is -2.03. The number of H-pyrrole nitrogens is 1. The maximum atomic E-state index is 12.5. The van der Waals surface area contributed by atoms with Gasteiger partial charge in [0.05, 0.1) is 23.0 Å². The molecule has 0 radical (unpaired) electrons. The van der Waals surface area contributed by atoms with E-state index in [0.717, 1.165) is 22.4 Å². The van der Waals surface area contributed by atoms with E-state index in [0.29, 0.717) is 11.3 Å².